The lowest BCUT2D eigenvalue weighted by Crippen LogP contribution is -2.25. The van der Waals surface area contributed by atoms with E-state index in [9.17, 15) is 4.79 Å². The summed E-state index contributed by atoms with van der Waals surface area (Å²) in [6.45, 7) is 2.93. The Balaban J connectivity index is 1.57. The molecule has 0 radical (unpaired) electrons. The van der Waals surface area contributed by atoms with Crippen molar-refractivity contribution in [3.8, 4) is 0 Å². The number of carbonyl (C=O) groups excluding carboxylic acids is 1. The summed E-state index contributed by atoms with van der Waals surface area (Å²) in [6.07, 6.45) is 14.8. The maximum absolute atomic E-state index is 12.2. The maximum atomic E-state index is 12.2. The van der Waals surface area contributed by atoms with Crippen LogP contribution < -0.4 is 11.1 Å². The summed E-state index contributed by atoms with van der Waals surface area (Å²) in [5.74, 6) is 0.209. The Morgan fingerprint density at radius 3 is 2.28 bits per heavy atom. The molecule has 5 heteroatoms. The summed E-state index contributed by atoms with van der Waals surface area (Å²) < 4.78 is 5.43. The first-order valence-corrected chi connectivity index (χ1v) is 11.2. The van der Waals surface area contributed by atoms with Crippen molar-refractivity contribution >= 4 is 5.91 Å². The van der Waals surface area contributed by atoms with Crippen LogP contribution in [-0.2, 0) is 6.42 Å². The zero-order chi connectivity index (χ0) is 20.7. The summed E-state index contributed by atoms with van der Waals surface area (Å²) in [6, 6.07) is 9.60. The number of rotatable bonds is 15. The Bertz CT molecular complexity index is 684. The molecule has 1 unspecified atom stereocenters. The van der Waals surface area contributed by atoms with Gasteiger partial charge in [0.1, 0.15) is 6.26 Å². The van der Waals surface area contributed by atoms with Gasteiger partial charge in [0.25, 0.3) is 5.91 Å². The summed E-state index contributed by atoms with van der Waals surface area (Å²) in [4.78, 5) is 16.5. The summed E-state index contributed by atoms with van der Waals surface area (Å²) in [5, 5.41) is 2.92. The molecule has 1 aromatic carbocycles. The monoisotopic (exact) mass is 399 g/mol. The Hall–Kier alpha value is -2.14. The highest BCUT2D eigenvalue weighted by atomic mass is 16.3. The second kappa shape index (κ2) is 13.9. The van der Waals surface area contributed by atoms with E-state index in [0.717, 1.165) is 18.4 Å². The van der Waals surface area contributed by atoms with Crippen molar-refractivity contribution in [1.82, 2.24) is 10.3 Å². The molecule has 0 aliphatic heterocycles. The molecule has 1 heterocycles. The highest BCUT2D eigenvalue weighted by molar-refractivity contribution is 5.91. The third-order valence-electron chi connectivity index (χ3n) is 5.19. The molecule has 0 bridgehead atoms. The number of nitrogens with zero attached hydrogens (tertiary/aromatic N) is 1. The summed E-state index contributed by atoms with van der Waals surface area (Å²) >= 11 is 0. The highest BCUT2D eigenvalue weighted by Gasteiger charge is 2.17. The van der Waals surface area contributed by atoms with E-state index in [1.807, 2.05) is 30.3 Å². The van der Waals surface area contributed by atoms with Crippen molar-refractivity contribution in [1.29, 1.82) is 0 Å². The van der Waals surface area contributed by atoms with Crippen LogP contribution in [0.5, 0.6) is 0 Å². The molecular weight excluding hydrogens is 362 g/mol. The van der Waals surface area contributed by atoms with Gasteiger partial charge in [-0.2, -0.15) is 0 Å². The average molecular weight is 400 g/mol. The molecule has 2 aromatic rings. The molecule has 0 saturated heterocycles. The molecule has 0 spiro atoms. The van der Waals surface area contributed by atoms with Crippen LogP contribution in [0.15, 0.2) is 41.0 Å². The van der Waals surface area contributed by atoms with Gasteiger partial charge >= 0.3 is 0 Å². The smallest absolute Gasteiger partial charge is 0.273 e. The van der Waals surface area contributed by atoms with E-state index in [0.29, 0.717) is 24.6 Å². The van der Waals surface area contributed by atoms with Crippen molar-refractivity contribution < 1.29 is 9.21 Å². The largest absolute Gasteiger partial charge is 0.446 e. The predicted octanol–water partition coefficient (Wildman–Crippen LogP) is 5.57. The molecule has 29 heavy (non-hydrogen) atoms. The van der Waals surface area contributed by atoms with E-state index in [-0.39, 0.29) is 11.9 Å². The lowest BCUT2D eigenvalue weighted by atomic mass is 10.1. The molecule has 3 N–H and O–H groups in total. The fraction of sp³-hybridized carbons (Fsp3) is 0.583. The number of carbonyl (C=O) groups is 1. The molecule has 1 amide bonds. The van der Waals surface area contributed by atoms with Crippen LogP contribution in [0.4, 0.5) is 0 Å². The van der Waals surface area contributed by atoms with Crippen LogP contribution in [0.25, 0.3) is 0 Å². The normalized spacial score (nSPS) is 12.1. The Kier molecular flexibility index (Phi) is 11.1. The van der Waals surface area contributed by atoms with Gasteiger partial charge in [0.15, 0.2) is 5.69 Å². The lowest BCUT2D eigenvalue weighted by molar-refractivity contribution is 0.0948. The molecular formula is C24H37N3O2. The maximum Gasteiger partial charge on any atom is 0.273 e. The Morgan fingerprint density at radius 1 is 1.00 bits per heavy atom. The van der Waals surface area contributed by atoms with E-state index >= 15 is 0 Å². The first-order chi connectivity index (χ1) is 14.2. The second-order valence-electron chi connectivity index (χ2n) is 7.81. The Labute approximate surface area is 175 Å². The predicted molar refractivity (Wildman–Crippen MR) is 118 cm³/mol. The van der Waals surface area contributed by atoms with E-state index in [1.54, 1.807) is 0 Å². The van der Waals surface area contributed by atoms with Crippen LogP contribution in [0.1, 0.15) is 99.1 Å². The van der Waals surface area contributed by atoms with Gasteiger partial charge in [-0.05, 0) is 18.4 Å². The summed E-state index contributed by atoms with van der Waals surface area (Å²) in [5.41, 5.74) is 7.58. The number of hydrogen-bond donors (Lipinski definition) is 2. The van der Waals surface area contributed by atoms with Gasteiger partial charge in [0, 0.05) is 6.54 Å². The first-order valence-electron chi connectivity index (χ1n) is 11.2. The molecule has 2 rings (SSSR count). The zero-order valence-electron chi connectivity index (χ0n) is 17.9. The second-order valence-corrected chi connectivity index (χ2v) is 7.81. The standard InChI is InChI=1S/C24H37N3O2/c1-2-3-4-5-6-7-8-9-10-14-17-26-23(28)22-19-29-24(27-22)21(25)18-20-15-12-11-13-16-20/h11-13,15-16,19,21H,2-10,14,17-18,25H2,1H3,(H,26,28). The van der Waals surface area contributed by atoms with Crippen LogP contribution in [-0.4, -0.2) is 17.4 Å². The van der Waals surface area contributed by atoms with Crippen molar-refractivity contribution in [2.45, 2.75) is 83.6 Å². The number of oxazole rings is 1. The molecule has 1 aromatic heterocycles. The van der Waals surface area contributed by atoms with E-state index < -0.39 is 0 Å². The van der Waals surface area contributed by atoms with Gasteiger partial charge in [-0.25, -0.2) is 4.98 Å². The first kappa shape index (κ1) is 23.1. The van der Waals surface area contributed by atoms with Gasteiger partial charge in [-0.15, -0.1) is 0 Å². The zero-order valence-corrected chi connectivity index (χ0v) is 17.9. The molecule has 1 atom stereocenters. The fourth-order valence-electron chi connectivity index (χ4n) is 3.42. The molecule has 0 saturated carbocycles. The molecule has 160 valence electrons. The average Bonchev–Trinajstić information content (AvgIpc) is 3.23. The minimum atomic E-state index is -0.360. The number of unbranched alkanes of at least 4 members (excludes halogenated alkanes) is 9. The number of aromatic nitrogens is 1. The van der Waals surface area contributed by atoms with E-state index in [1.165, 1.54) is 57.6 Å². The molecule has 0 aliphatic rings. The van der Waals surface area contributed by atoms with Crippen molar-refractivity contribution in [3.63, 3.8) is 0 Å². The lowest BCUT2D eigenvalue weighted by Gasteiger charge is -2.07. The molecule has 5 nitrogen and oxygen atoms in total. The van der Waals surface area contributed by atoms with Crippen LogP contribution in [0.3, 0.4) is 0 Å². The SMILES string of the molecule is CCCCCCCCCCCCNC(=O)c1coc(C(N)Cc2ccccc2)n1. The minimum absolute atomic E-state index is 0.192. The summed E-state index contributed by atoms with van der Waals surface area (Å²) in [7, 11) is 0. The van der Waals surface area contributed by atoms with Gasteiger partial charge in [-0.1, -0.05) is 95.0 Å². The molecule has 0 aliphatic carbocycles. The van der Waals surface area contributed by atoms with Crippen molar-refractivity contribution in [2.75, 3.05) is 6.54 Å². The van der Waals surface area contributed by atoms with E-state index in [2.05, 4.69) is 17.2 Å². The quantitative estimate of drug-likeness (QED) is 0.384. The minimum Gasteiger partial charge on any atom is -0.446 e. The van der Waals surface area contributed by atoms with Gasteiger partial charge in [-0.3, -0.25) is 4.79 Å². The number of hydrogen-bond acceptors (Lipinski definition) is 4. The topological polar surface area (TPSA) is 81.2 Å². The van der Waals surface area contributed by atoms with E-state index in [4.69, 9.17) is 10.2 Å². The van der Waals surface area contributed by atoms with Gasteiger partial charge in [0.05, 0.1) is 6.04 Å². The van der Waals surface area contributed by atoms with Crippen molar-refractivity contribution in [2.24, 2.45) is 5.73 Å². The van der Waals surface area contributed by atoms with Crippen LogP contribution >= 0.6 is 0 Å². The third kappa shape index (κ3) is 9.27. The number of nitrogens with two attached hydrogens (primary N) is 1. The number of benzene rings is 1. The van der Waals surface area contributed by atoms with Crippen molar-refractivity contribution in [3.05, 3.63) is 53.7 Å². The van der Waals surface area contributed by atoms with Gasteiger partial charge in [0.2, 0.25) is 5.89 Å². The fourth-order valence-corrected chi connectivity index (χ4v) is 3.42. The third-order valence-corrected chi connectivity index (χ3v) is 5.19. The van der Waals surface area contributed by atoms with Gasteiger partial charge < -0.3 is 15.5 Å². The Morgan fingerprint density at radius 2 is 1.62 bits per heavy atom. The highest BCUT2D eigenvalue weighted by Crippen LogP contribution is 2.16. The van der Waals surface area contributed by atoms with Crippen LogP contribution in [0, 0.1) is 0 Å². The molecule has 0 fully saturated rings. The van der Waals surface area contributed by atoms with Crippen LogP contribution in [0.2, 0.25) is 0 Å². The number of amides is 1. The number of nitrogens with one attached hydrogen (secondary N) is 1.